The molecular formula is C13H11N3PtS+2. The van der Waals surface area contributed by atoms with Gasteiger partial charge in [0.15, 0.2) is 0 Å². The topological polar surface area (TPSA) is 30.7 Å². The van der Waals surface area contributed by atoms with Crippen LogP contribution in [0.15, 0.2) is 59.5 Å². The largest absolute Gasteiger partial charge is 2.00 e. The summed E-state index contributed by atoms with van der Waals surface area (Å²) >= 11 is 1.75. The van der Waals surface area contributed by atoms with Crippen LogP contribution >= 0.6 is 11.8 Å². The van der Waals surface area contributed by atoms with Crippen LogP contribution in [0.5, 0.6) is 0 Å². The van der Waals surface area contributed by atoms with Gasteiger partial charge in [0, 0.05) is 4.90 Å². The van der Waals surface area contributed by atoms with Crippen molar-refractivity contribution < 1.29 is 21.1 Å². The summed E-state index contributed by atoms with van der Waals surface area (Å²) in [5, 5.41) is 8.29. The van der Waals surface area contributed by atoms with Gasteiger partial charge in [0.25, 0.3) is 0 Å². The molecule has 0 spiro atoms. The molecule has 5 heteroatoms. The van der Waals surface area contributed by atoms with Crippen LogP contribution in [-0.4, -0.2) is 15.0 Å². The first-order valence-electron chi connectivity index (χ1n) is 5.39. The Hall–Kier alpha value is -1.12. The predicted molar refractivity (Wildman–Crippen MR) is 69.8 cm³/mol. The van der Waals surface area contributed by atoms with Gasteiger partial charge in [-0.3, -0.25) is 0 Å². The van der Waals surface area contributed by atoms with Crippen molar-refractivity contribution in [1.29, 1.82) is 0 Å². The second kappa shape index (κ2) is 6.16. The number of benzene rings is 2. The molecule has 0 radical (unpaired) electrons. The van der Waals surface area contributed by atoms with Gasteiger partial charge in [0.05, 0.1) is 11.4 Å². The Kier molecular flexibility index (Phi) is 4.56. The number of rotatable bonds is 3. The molecule has 3 nitrogen and oxygen atoms in total. The van der Waals surface area contributed by atoms with Gasteiger partial charge in [-0.1, -0.05) is 35.5 Å². The number of nitrogens with zero attached hydrogens (tertiary/aromatic N) is 3. The second-order valence-corrected chi connectivity index (χ2v) is 4.68. The molecule has 0 atom stereocenters. The van der Waals surface area contributed by atoms with E-state index in [1.165, 1.54) is 4.90 Å². The molecule has 3 rings (SSSR count). The van der Waals surface area contributed by atoms with Crippen molar-refractivity contribution in [3.8, 4) is 0 Å². The Bertz CT molecular complexity index is 624. The summed E-state index contributed by atoms with van der Waals surface area (Å²) in [5.74, 6) is 0.782. The van der Waals surface area contributed by atoms with Crippen molar-refractivity contribution in [1.82, 2.24) is 15.0 Å². The molecular weight excluding hydrogens is 425 g/mol. The summed E-state index contributed by atoms with van der Waals surface area (Å²) in [7, 11) is 0. The van der Waals surface area contributed by atoms with Gasteiger partial charge in [0.2, 0.25) is 0 Å². The third kappa shape index (κ3) is 2.82. The quantitative estimate of drug-likeness (QED) is 0.591. The zero-order valence-electron chi connectivity index (χ0n) is 9.47. The molecule has 0 N–H and O–H groups in total. The molecule has 1 heterocycles. The fourth-order valence-corrected chi connectivity index (χ4v) is 2.48. The monoisotopic (exact) mass is 436 g/mol. The number of fused-ring (bicyclic) bond motifs is 1. The van der Waals surface area contributed by atoms with E-state index in [1.54, 1.807) is 11.8 Å². The van der Waals surface area contributed by atoms with Crippen LogP contribution in [0.1, 0.15) is 0 Å². The normalized spacial score (nSPS) is 10.2. The van der Waals surface area contributed by atoms with E-state index in [-0.39, 0.29) is 21.1 Å². The van der Waals surface area contributed by atoms with Gasteiger partial charge in [0.1, 0.15) is 5.52 Å². The van der Waals surface area contributed by atoms with Gasteiger partial charge < -0.3 is 0 Å². The van der Waals surface area contributed by atoms with Gasteiger partial charge >= 0.3 is 21.1 Å². The molecule has 0 amide bonds. The summed E-state index contributed by atoms with van der Waals surface area (Å²) in [6.45, 7) is 0. The molecule has 0 saturated heterocycles. The zero-order valence-corrected chi connectivity index (χ0v) is 12.6. The average Bonchev–Trinajstić information content (AvgIpc) is 2.81. The third-order valence-electron chi connectivity index (χ3n) is 2.52. The summed E-state index contributed by atoms with van der Waals surface area (Å²) in [6.07, 6.45) is 0. The second-order valence-electron chi connectivity index (χ2n) is 3.66. The van der Waals surface area contributed by atoms with Crippen LogP contribution in [0.3, 0.4) is 0 Å². The zero-order chi connectivity index (χ0) is 11.5. The Balaban J connectivity index is 0.00000120. The minimum absolute atomic E-state index is 0. The summed E-state index contributed by atoms with van der Waals surface area (Å²) in [5.41, 5.74) is 2.03. The number of aromatic nitrogens is 3. The first kappa shape index (κ1) is 13.3. The van der Waals surface area contributed by atoms with E-state index in [1.807, 2.05) is 47.1 Å². The molecule has 0 unspecified atom stereocenters. The number of thioether (sulfide) groups is 1. The van der Waals surface area contributed by atoms with Gasteiger partial charge in [-0.15, -0.1) is 16.9 Å². The van der Waals surface area contributed by atoms with E-state index in [4.69, 9.17) is 0 Å². The van der Waals surface area contributed by atoms with Gasteiger partial charge in [-0.25, -0.2) is 4.68 Å². The number of para-hydroxylation sites is 1. The van der Waals surface area contributed by atoms with Gasteiger partial charge in [-0.2, -0.15) is 0 Å². The van der Waals surface area contributed by atoms with Crippen molar-refractivity contribution in [2.45, 2.75) is 10.8 Å². The van der Waals surface area contributed by atoms with Crippen LogP contribution in [0, 0.1) is 0 Å². The van der Waals surface area contributed by atoms with Crippen LogP contribution in [0.4, 0.5) is 0 Å². The summed E-state index contributed by atoms with van der Waals surface area (Å²) in [6, 6.07) is 18.3. The Morgan fingerprint density at radius 2 is 1.67 bits per heavy atom. The smallest absolute Gasteiger partial charge is 0.234 e. The molecule has 0 fully saturated rings. The molecule has 3 aromatic rings. The molecule has 2 aromatic carbocycles. The van der Waals surface area contributed by atoms with Crippen molar-refractivity contribution in [2.75, 3.05) is 0 Å². The predicted octanol–water partition coefficient (Wildman–Crippen LogP) is 3.18. The standard InChI is InChI=1S/C13H11N3S.Pt/c1-2-6-11(7-3-1)17-10-16-13-9-5-4-8-12(13)14-15-16;/h1-9H,10H2;/q;+2. The molecule has 0 bridgehead atoms. The van der Waals surface area contributed by atoms with Crippen molar-refractivity contribution in [3.63, 3.8) is 0 Å². The van der Waals surface area contributed by atoms with Crippen LogP contribution in [0.2, 0.25) is 0 Å². The van der Waals surface area contributed by atoms with Crippen molar-refractivity contribution in [3.05, 3.63) is 54.6 Å². The minimum Gasteiger partial charge on any atom is -0.234 e. The fraction of sp³-hybridized carbons (Fsp3) is 0.0769. The molecule has 0 aliphatic heterocycles. The summed E-state index contributed by atoms with van der Waals surface area (Å²) in [4.78, 5) is 1.24. The van der Waals surface area contributed by atoms with Crippen LogP contribution in [0.25, 0.3) is 11.0 Å². The van der Waals surface area contributed by atoms with E-state index in [9.17, 15) is 0 Å². The Morgan fingerprint density at radius 3 is 2.50 bits per heavy atom. The van der Waals surface area contributed by atoms with Crippen molar-refractivity contribution in [2.24, 2.45) is 0 Å². The molecule has 0 aliphatic rings. The van der Waals surface area contributed by atoms with Crippen LogP contribution < -0.4 is 0 Å². The fourth-order valence-electron chi connectivity index (χ4n) is 1.67. The van der Waals surface area contributed by atoms with Crippen molar-refractivity contribution >= 4 is 22.8 Å². The van der Waals surface area contributed by atoms with Gasteiger partial charge in [-0.05, 0) is 24.3 Å². The van der Waals surface area contributed by atoms with E-state index >= 15 is 0 Å². The first-order chi connectivity index (χ1) is 8.43. The molecule has 0 aliphatic carbocycles. The SMILES string of the molecule is [Pt+2].c1ccc(SCn2nnc3ccccc32)cc1. The number of hydrogen-bond acceptors (Lipinski definition) is 3. The van der Waals surface area contributed by atoms with E-state index in [0.29, 0.717) is 0 Å². The first-order valence-corrected chi connectivity index (χ1v) is 6.38. The summed E-state index contributed by atoms with van der Waals surface area (Å²) < 4.78 is 1.92. The number of hydrogen-bond donors (Lipinski definition) is 0. The van der Waals surface area contributed by atoms with Crippen LogP contribution in [-0.2, 0) is 26.9 Å². The van der Waals surface area contributed by atoms with E-state index in [0.717, 1.165) is 16.9 Å². The Labute approximate surface area is 124 Å². The maximum absolute atomic E-state index is 4.16. The maximum Gasteiger partial charge on any atom is 2.00 e. The van der Waals surface area contributed by atoms with E-state index in [2.05, 4.69) is 22.4 Å². The minimum atomic E-state index is 0. The third-order valence-corrected chi connectivity index (χ3v) is 3.50. The molecule has 18 heavy (non-hydrogen) atoms. The molecule has 0 saturated carbocycles. The molecule has 92 valence electrons. The molecule has 1 aromatic heterocycles. The average molecular weight is 436 g/mol. The Morgan fingerprint density at radius 1 is 0.944 bits per heavy atom. The van der Waals surface area contributed by atoms with E-state index < -0.39 is 0 Å². The maximum atomic E-state index is 4.16.